The molecule has 1 amide bonds. The Labute approximate surface area is 142 Å². The standard InChI is InChI=1S/C18H16N2O5/c1-11-5-3-4-6-13(11)19-16(21)10-20-14-8-7-12(17(22)24-2)9-15(14)25-18(20)23/h3-9H,10H2,1-2H3,(H,19,21). The second-order valence-corrected chi connectivity index (χ2v) is 5.49. The highest BCUT2D eigenvalue weighted by Gasteiger charge is 2.15. The van der Waals surface area contributed by atoms with Gasteiger partial charge in [0.25, 0.3) is 0 Å². The first-order valence-electron chi connectivity index (χ1n) is 7.57. The zero-order valence-electron chi connectivity index (χ0n) is 13.7. The van der Waals surface area contributed by atoms with Gasteiger partial charge < -0.3 is 14.5 Å². The van der Waals surface area contributed by atoms with Crippen molar-refractivity contribution >= 4 is 28.7 Å². The van der Waals surface area contributed by atoms with Crippen LogP contribution in [0.3, 0.4) is 0 Å². The van der Waals surface area contributed by atoms with Gasteiger partial charge in [0, 0.05) is 5.69 Å². The lowest BCUT2D eigenvalue weighted by atomic mass is 10.2. The molecule has 0 saturated heterocycles. The molecule has 2 aromatic carbocycles. The van der Waals surface area contributed by atoms with Crippen molar-refractivity contribution in [2.45, 2.75) is 13.5 Å². The van der Waals surface area contributed by atoms with E-state index in [-0.39, 0.29) is 23.6 Å². The maximum absolute atomic E-state index is 12.3. The molecule has 0 radical (unpaired) electrons. The number of para-hydroxylation sites is 1. The first-order valence-corrected chi connectivity index (χ1v) is 7.57. The summed E-state index contributed by atoms with van der Waals surface area (Å²) in [5, 5.41) is 2.76. The minimum absolute atomic E-state index is 0.197. The van der Waals surface area contributed by atoms with Gasteiger partial charge >= 0.3 is 11.7 Å². The Bertz CT molecular complexity index is 1020. The molecule has 25 heavy (non-hydrogen) atoms. The zero-order chi connectivity index (χ0) is 18.0. The number of hydrogen-bond donors (Lipinski definition) is 1. The van der Waals surface area contributed by atoms with E-state index in [9.17, 15) is 14.4 Å². The number of methoxy groups -OCH3 is 1. The number of ether oxygens (including phenoxy) is 1. The summed E-state index contributed by atoms with van der Waals surface area (Å²) in [5.74, 6) is -1.55. The van der Waals surface area contributed by atoms with E-state index < -0.39 is 11.7 Å². The molecule has 1 aromatic heterocycles. The third-order valence-electron chi connectivity index (χ3n) is 3.81. The van der Waals surface area contributed by atoms with Gasteiger partial charge in [0.15, 0.2) is 5.58 Å². The highest BCUT2D eigenvalue weighted by atomic mass is 16.5. The third-order valence-corrected chi connectivity index (χ3v) is 3.81. The lowest BCUT2D eigenvalue weighted by molar-refractivity contribution is -0.116. The molecule has 1 heterocycles. The van der Waals surface area contributed by atoms with Crippen LogP contribution in [0.15, 0.2) is 51.7 Å². The molecular formula is C18H16N2O5. The average molecular weight is 340 g/mol. The van der Waals surface area contributed by atoms with Crippen LogP contribution in [0.5, 0.6) is 0 Å². The van der Waals surface area contributed by atoms with Crippen molar-refractivity contribution in [3.8, 4) is 0 Å². The van der Waals surface area contributed by atoms with Crippen molar-refractivity contribution in [2.24, 2.45) is 0 Å². The van der Waals surface area contributed by atoms with E-state index in [4.69, 9.17) is 4.42 Å². The number of carbonyl (C=O) groups excluding carboxylic acids is 2. The maximum atomic E-state index is 12.3. The number of benzene rings is 2. The number of amides is 1. The number of aryl methyl sites for hydroxylation is 1. The largest absolute Gasteiger partial charge is 0.465 e. The SMILES string of the molecule is COC(=O)c1ccc2c(c1)oc(=O)n2CC(=O)Nc1ccccc1C. The number of anilines is 1. The van der Waals surface area contributed by atoms with E-state index in [2.05, 4.69) is 10.1 Å². The number of nitrogens with zero attached hydrogens (tertiary/aromatic N) is 1. The number of nitrogens with one attached hydrogen (secondary N) is 1. The van der Waals surface area contributed by atoms with Gasteiger partial charge in [-0.3, -0.25) is 9.36 Å². The fourth-order valence-corrected chi connectivity index (χ4v) is 2.51. The zero-order valence-corrected chi connectivity index (χ0v) is 13.7. The number of hydrogen-bond acceptors (Lipinski definition) is 5. The molecule has 128 valence electrons. The lowest BCUT2D eigenvalue weighted by Crippen LogP contribution is -2.25. The minimum Gasteiger partial charge on any atom is -0.465 e. The van der Waals surface area contributed by atoms with Crippen LogP contribution in [-0.2, 0) is 16.1 Å². The van der Waals surface area contributed by atoms with Crippen LogP contribution >= 0.6 is 0 Å². The summed E-state index contributed by atoms with van der Waals surface area (Å²) in [6.07, 6.45) is 0. The van der Waals surface area contributed by atoms with Gasteiger partial charge in [-0.2, -0.15) is 0 Å². The molecule has 0 spiro atoms. The molecule has 7 nitrogen and oxygen atoms in total. The van der Waals surface area contributed by atoms with Crippen LogP contribution in [-0.4, -0.2) is 23.6 Å². The van der Waals surface area contributed by atoms with Gasteiger partial charge in [-0.1, -0.05) is 18.2 Å². The van der Waals surface area contributed by atoms with Crippen LogP contribution in [0.25, 0.3) is 11.1 Å². The number of carbonyl (C=O) groups is 2. The summed E-state index contributed by atoms with van der Waals surface area (Å²) in [7, 11) is 1.27. The Morgan fingerprint density at radius 1 is 1.20 bits per heavy atom. The summed E-state index contributed by atoms with van der Waals surface area (Å²) in [5.41, 5.74) is 2.51. The maximum Gasteiger partial charge on any atom is 0.420 e. The van der Waals surface area contributed by atoms with Crippen molar-refractivity contribution in [1.82, 2.24) is 4.57 Å². The normalized spacial score (nSPS) is 10.6. The van der Waals surface area contributed by atoms with Crippen LogP contribution in [0.2, 0.25) is 0 Å². The predicted molar refractivity (Wildman–Crippen MR) is 91.6 cm³/mol. The van der Waals surface area contributed by atoms with Gasteiger partial charge in [0.2, 0.25) is 5.91 Å². The van der Waals surface area contributed by atoms with Crippen molar-refractivity contribution < 1.29 is 18.7 Å². The van der Waals surface area contributed by atoms with E-state index in [0.29, 0.717) is 11.2 Å². The third kappa shape index (κ3) is 3.30. The molecule has 0 fully saturated rings. The molecule has 3 rings (SSSR count). The number of rotatable bonds is 4. The summed E-state index contributed by atoms with van der Waals surface area (Å²) in [4.78, 5) is 35.9. The molecule has 0 aliphatic heterocycles. The molecule has 3 aromatic rings. The topological polar surface area (TPSA) is 90.5 Å². The Hall–Kier alpha value is -3.35. The monoisotopic (exact) mass is 340 g/mol. The number of esters is 1. The summed E-state index contributed by atoms with van der Waals surface area (Å²) < 4.78 is 11.0. The van der Waals surface area contributed by atoms with Gasteiger partial charge in [0.1, 0.15) is 6.54 Å². The summed E-state index contributed by atoms with van der Waals surface area (Å²) >= 11 is 0. The Balaban J connectivity index is 1.87. The number of fused-ring (bicyclic) bond motifs is 1. The molecule has 0 unspecified atom stereocenters. The second-order valence-electron chi connectivity index (χ2n) is 5.49. The first kappa shape index (κ1) is 16.5. The summed E-state index contributed by atoms with van der Waals surface area (Å²) in [6, 6.07) is 11.8. The van der Waals surface area contributed by atoms with Crippen molar-refractivity contribution in [2.75, 3.05) is 12.4 Å². The Morgan fingerprint density at radius 2 is 1.96 bits per heavy atom. The Morgan fingerprint density at radius 3 is 2.68 bits per heavy atom. The van der Waals surface area contributed by atoms with E-state index in [1.54, 1.807) is 12.1 Å². The second kappa shape index (κ2) is 6.64. The molecule has 0 aliphatic rings. The molecule has 0 atom stereocenters. The average Bonchev–Trinajstić information content (AvgIpc) is 2.91. The van der Waals surface area contributed by atoms with Crippen LogP contribution in [0.1, 0.15) is 15.9 Å². The number of oxazole rings is 1. The highest BCUT2D eigenvalue weighted by molar-refractivity contribution is 5.94. The van der Waals surface area contributed by atoms with Gasteiger partial charge in [-0.25, -0.2) is 9.59 Å². The Kier molecular flexibility index (Phi) is 4.38. The van der Waals surface area contributed by atoms with E-state index in [1.807, 2.05) is 25.1 Å². The summed E-state index contributed by atoms with van der Waals surface area (Å²) in [6.45, 7) is 1.68. The molecule has 0 saturated carbocycles. The molecule has 7 heteroatoms. The minimum atomic E-state index is -0.669. The fraction of sp³-hybridized carbons (Fsp3) is 0.167. The van der Waals surface area contributed by atoms with Gasteiger partial charge in [-0.05, 0) is 36.8 Å². The lowest BCUT2D eigenvalue weighted by Gasteiger charge is -2.08. The van der Waals surface area contributed by atoms with Gasteiger partial charge in [-0.15, -0.1) is 0 Å². The molecule has 0 bridgehead atoms. The van der Waals surface area contributed by atoms with Crippen LogP contribution in [0, 0.1) is 6.92 Å². The van der Waals surface area contributed by atoms with E-state index in [0.717, 1.165) is 5.56 Å². The van der Waals surface area contributed by atoms with Crippen molar-refractivity contribution in [3.05, 3.63) is 64.1 Å². The fourth-order valence-electron chi connectivity index (χ4n) is 2.51. The first-order chi connectivity index (χ1) is 12.0. The molecule has 1 N–H and O–H groups in total. The van der Waals surface area contributed by atoms with E-state index in [1.165, 1.54) is 23.8 Å². The molecular weight excluding hydrogens is 324 g/mol. The highest BCUT2D eigenvalue weighted by Crippen LogP contribution is 2.17. The van der Waals surface area contributed by atoms with E-state index >= 15 is 0 Å². The van der Waals surface area contributed by atoms with Crippen molar-refractivity contribution in [3.63, 3.8) is 0 Å². The van der Waals surface area contributed by atoms with Crippen molar-refractivity contribution in [1.29, 1.82) is 0 Å². The number of aromatic nitrogens is 1. The van der Waals surface area contributed by atoms with Gasteiger partial charge in [0.05, 0.1) is 18.2 Å². The quantitative estimate of drug-likeness (QED) is 0.736. The molecule has 0 aliphatic carbocycles. The van der Waals surface area contributed by atoms with Crippen LogP contribution < -0.4 is 11.1 Å². The van der Waals surface area contributed by atoms with Crippen LogP contribution in [0.4, 0.5) is 5.69 Å². The predicted octanol–water partition coefficient (Wildman–Crippen LogP) is 2.33. The smallest absolute Gasteiger partial charge is 0.420 e.